The van der Waals surface area contributed by atoms with Crippen molar-refractivity contribution in [1.82, 2.24) is 4.90 Å². The summed E-state index contributed by atoms with van der Waals surface area (Å²) in [6.45, 7) is 3.76. The lowest BCUT2D eigenvalue weighted by Gasteiger charge is -2.32. The Morgan fingerprint density at radius 3 is 1.63 bits per heavy atom. The standard InChI is InChI=1S/C14H21F7NO4P/c1-5-22(6-2)11(23)9-10(27(24,25-7-3)26-8-4)12(15,16)13(17,18)14(19,20)21/h9H,5-8H2,1-4H3/b10-9+. The summed E-state index contributed by atoms with van der Waals surface area (Å²) in [5.41, 5.74) is 0. The first kappa shape index (κ1) is 25.9. The van der Waals surface area contributed by atoms with Gasteiger partial charge in [-0.3, -0.25) is 9.36 Å². The van der Waals surface area contributed by atoms with Crippen LogP contribution in [0.1, 0.15) is 27.7 Å². The fourth-order valence-electron chi connectivity index (χ4n) is 1.94. The van der Waals surface area contributed by atoms with E-state index < -0.39 is 50.1 Å². The molecule has 0 aromatic heterocycles. The van der Waals surface area contributed by atoms with Crippen LogP contribution in [0.4, 0.5) is 30.7 Å². The van der Waals surface area contributed by atoms with Crippen molar-refractivity contribution < 1.29 is 49.1 Å². The van der Waals surface area contributed by atoms with E-state index in [9.17, 15) is 40.1 Å². The molecule has 13 heteroatoms. The summed E-state index contributed by atoms with van der Waals surface area (Å²) < 4.78 is 115. The second kappa shape index (κ2) is 9.38. The molecule has 0 aliphatic carbocycles. The molecule has 0 atom stereocenters. The summed E-state index contributed by atoms with van der Waals surface area (Å²) >= 11 is 0. The van der Waals surface area contributed by atoms with Crippen LogP contribution in [0.15, 0.2) is 11.4 Å². The van der Waals surface area contributed by atoms with Gasteiger partial charge in [0.15, 0.2) is 0 Å². The van der Waals surface area contributed by atoms with Crippen LogP contribution in [-0.4, -0.2) is 55.1 Å². The van der Waals surface area contributed by atoms with Crippen LogP contribution in [0.5, 0.6) is 0 Å². The van der Waals surface area contributed by atoms with Crippen LogP contribution < -0.4 is 0 Å². The lowest BCUT2D eigenvalue weighted by atomic mass is 10.1. The van der Waals surface area contributed by atoms with Crippen molar-refractivity contribution in [3.8, 4) is 0 Å². The normalized spacial score (nSPS) is 14.4. The average Bonchev–Trinajstić information content (AvgIpc) is 2.52. The molecule has 0 rings (SSSR count). The second-order valence-electron chi connectivity index (χ2n) is 5.02. The number of allylic oxidation sites excluding steroid dienone is 1. The highest BCUT2D eigenvalue weighted by Crippen LogP contribution is 2.65. The Hall–Kier alpha value is -1.13. The van der Waals surface area contributed by atoms with Crippen molar-refractivity contribution in [2.45, 2.75) is 45.7 Å². The highest BCUT2D eigenvalue weighted by atomic mass is 31.2. The Morgan fingerprint density at radius 1 is 0.926 bits per heavy atom. The van der Waals surface area contributed by atoms with Crippen molar-refractivity contribution in [1.29, 1.82) is 0 Å². The summed E-state index contributed by atoms with van der Waals surface area (Å²) in [6.07, 6.45) is -6.91. The minimum Gasteiger partial charge on any atom is -0.340 e. The molecule has 0 radical (unpaired) electrons. The maximum absolute atomic E-state index is 14.3. The number of hydrogen-bond acceptors (Lipinski definition) is 4. The number of carbonyl (C=O) groups excluding carboxylic acids is 1. The Balaban J connectivity index is 6.70. The van der Waals surface area contributed by atoms with E-state index in [4.69, 9.17) is 0 Å². The van der Waals surface area contributed by atoms with E-state index in [0.29, 0.717) is 0 Å². The zero-order chi connectivity index (χ0) is 21.7. The van der Waals surface area contributed by atoms with Crippen molar-refractivity contribution in [3.05, 3.63) is 11.4 Å². The zero-order valence-electron chi connectivity index (χ0n) is 15.1. The Labute approximate surface area is 152 Å². The van der Waals surface area contributed by atoms with Gasteiger partial charge in [0.25, 0.3) is 0 Å². The van der Waals surface area contributed by atoms with E-state index in [1.807, 2.05) is 0 Å². The quantitative estimate of drug-likeness (QED) is 0.282. The molecule has 0 fully saturated rings. The third kappa shape index (κ3) is 5.45. The molecular weight excluding hydrogens is 410 g/mol. The smallest absolute Gasteiger partial charge is 0.340 e. The van der Waals surface area contributed by atoms with Crippen LogP contribution >= 0.6 is 7.60 Å². The number of likely N-dealkylation sites (N-methyl/N-ethyl adjacent to an activating group) is 1. The topological polar surface area (TPSA) is 55.8 Å². The average molecular weight is 431 g/mol. The van der Waals surface area contributed by atoms with Crippen LogP contribution in [0.2, 0.25) is 0 Å². The monoisotopic (exact) mass is 431 g/mol. The number of amides is 1. The van der Waals surface area contributed by atoms with Crippen LogP contribution in [0, 0.1) is 0 Å². The van der Waals surface area contributed by atoms with Gasteiger partial charge in [-0.15, -0.1) is 0 Å². The SMILES string of the molecule is CCOP(=O)(OCC)/C(=C/C(=O)N(CC)CC)C(F)(F)C(F)(F)C(F)(F)F. The van der Waals surface area contributed by atoms with Gasteiger partial charge in [0.1, 0.15) is 5.31 Å². The Morgan fingerprint density at radius 2 is 1.33 bits per heavy atom. The molecule has 0 aromatic carbocycles. The minimum atomic E-state index is -6.68. The first-order valence-corrected chi connectivity index (χ1v) is 9.43. The van der Waals surface area contributed by atoms with Gasteiger partial charge in [0.05, 0.1) is 13.2 Å². The van der Waals surface area contributed by atoms with Gasteiger partial charge in [-0.05, 0) is 27.7 Å². The molecule has 5 nitrogen and oxygen atoms in total. The lowest BCUT2D eigenvalue weighted by Crippen LogP contribution is -2.53. The molecule has 0 spiro atoms. The summed E-state index contributed by atoms with van der Waals surface area (Å²) in [7, 11) is -5.35. The van der Waals surface area contributed by atoms with E-state index in [0.717, 1.165) is 18.7 Å². The number of nitrogens with zero attached hydrogens (tertiary/aromatic N) is 1. The van der Waals surface area contributed by atoms with Gasteiger partial charge in [-0.1, -0.05) is 0 Å². The number of hydrogen-bond donors (Lipinski definition) is 0. The Kier molecular flexibility index (Phi) is 8.99. The Bertz CT molecular complexity index is 579. The van der Waals surface area contributed by atoms with Crippen LogP contribution in [-0.2, 0) is 18.4 Å². The molecule has 0 saturated heterocycles. The minimum absolute atomic E-state index is 0.0616. The zero-order valence-corrected chi connectivity index (χ0v) is 16.0. The lowest BCUT2D eigenvalue weighted by molar-refractivity contribution is -0.343. The molecule has 0 N–H and O–H groups in total. The summed E-state index contributed by atoms with van der Waals surface area (Å²) in [5.74, 6) is -14.0. The highest BCUT2D eigenvalue weighted by Gasteiger charge is 2.76. The van der Waals surface area contributed by atoms with Crippen molar-refractivity contribution >= 4 is 13.5 Å². The molecule has 0 saturated carbocycles. The molecule has 0 aromatic rings. The molecule has 0 heterocycles. The maximum atomic E-state index is 14.3. The first-order chi connectivity index (χ1) is 12.2. The fraction of sp³-hybridized carbons (Fsp3) is 0.786. The van der Waals surface area contributed by atoms with Gasteiger partial charge >= 0.3 is 25.6 Å². The summed E-state index contributed by atoms with van der Waals surface area (Å²) in [6, 6.07) is 0. The summed E-state index contributed by atoms with van der Waals surface area (Å²) in [5, 5.41) is -2.35. The van der Waals surface area contributed by atoms with E-state index >= 15 is 0 Å². The molecular formula is C14H21F7NO4P. The molecule has 160 valence electrons. The third-order valence-corrected chi connectivity index (χ3v) is 5.50. The molecule has 0 aliphatic rings. The van der Waals surface area contributed by atoms with Crippen molar-refractivity contribution in [3.63, 3.8) is 0 Å². The molecule has 0 aliphatic heterocycles. The van der Waals surface area contributed by atoms with Crippen molar-refractivity contribution in [2.24, 2.45) is 0 Å². The number of rotatable bonds is 10. The molecule has 1 amide bonds. The number of alkyl halides is 7. The highest BCUT2D eigenvalue weighted by molar-refractivity contribution is 7.58. The van der Waals surface area contributed by atoms with E-state index in [2.05, 4.69) is 9.05 Å². The van der Waals surface area contributed by atoms with Gasteiger partial charge in [0, 0.05) is 19.2 Å². The van der Waals surface area contributed by atoms with Gasteiger partial charge < -0.3 is 13.9 Å². The van der Waals surface area contributed by atoms with E-state index in [1.165, 1.54) is 13.8 Å². The van der Waals surface area contributed by atoms with Crippen LogP contribution in [0.25, 0.3) is 0 Å². The largest absolute Gasteiger partial charge is 0.460 e. The fourth-order valence-corrected chi connectivity index (χ4v) is 3.73. The van der Waals surface area contributed by atoms with E-state index in [-0.39, 0.29) is 19.2 Å². The van der Waals surface area contributed by atoms with E-state index in [1.54, 1.807) is 0 Å². The molecule has 0 bridgehead atoms. The number of halogens is 7. The molecule has 27 heavy (non-hydrogen) atoms. The second-order valence-corrected chi connectivity index (χ2v) is 7.01. The van der Waals surface area contributed by atoms with Crippen LogP contribution in [0.3, 0.4) is 0 Å². The first-order valence-electron chi connectivity index (χ1n) is 7.89. The van der Waals surface area contributed by atoms with Crippen molar-refractivity contribution in [2.75, 3.05) is 26.3 Å². The van der Waals surface area contributed by atoms with Gasteiger partial charge in [-0.2, -0.15) is 30.7 Å². The number of carbonyl (C=O) groups is 1. The third-order valence-electron chi connectivity index (χ3n) is 3.30. The maximum Gasteiger partial charge on any atom is 0.460 e. The summed E-state index contributed by atoms with van der Waals surface area (Å²) in [4.78, 5) is 12.9. The predicted octanol–water partition coefficient (Wildman–Crippen LogP) is 4.84. The molecule has 0 unspecified atom stereocenters. The van der Waals surface area contributed by atoms with Gasteiger partial charge in [-0.25, -0.2) is 0 Å². The van der Waals surface area contributed by atoms with Gasteiger partial charge in [0.2, 0.25) is 5.91 Å². The predicted molar refractivity (Wildman–Crippen MR) is 82.8 cm³/mol.